The SMILES string of the molecule is CC(=Nc1ccc(C(F)(F)F)cc1)C(=CN)C(=O)Nc1cnc(C2(C#N)CCC(N3CCOCC3)CC2)c(C)c1. The summed E-state index contributed by atoms with van der Waals surface area (Å²) in [5.41, 5.74) is 6.76. The Labute approximate surface area is 231 Å². The summed E-state index contributed by atoms with van der Waals surface area (Å²) in [7, 11) is 0. The molecule has 0 spiro atoms. The molecule has 40 heavy (non-hydrogen) atoms. The highest BCUT2D eigenvalue weighted by atomic mass is 19.4. The van der Waals surface area contributed by atoms with Crippen LogP contribution in [0.2, 0.25) is 0 Å². The number of nitriles is 1. The number of nitrogens with zero attached hydrogens (tertiary/aromatic N) is 4. The molecule has 1 aromatic heterocycles. The fraction of sp³-hybridized carbons (Fsp3) is 0.448. The van der Waals surface area contributed by atoms with E-state index in [2.05, 4.69) is 26.3 Å². The Morgan fingerprint density at radius 3 is 2.45 bits per heavy atom. The third-order valence-electron chi connectivity index (χ3n) is 7.67. The molecule has 1 aliphatic heterocycles. The number of alkyl halides is 3. The van der Waals surface area contributed by atoms with Crippen molar-refractivity contribution in [3.8, 4) is 6.07 Å². The number of hydrogen-bond acceptors (Lipinski definition) is 7. The molecule has 2 aromatic rings. The zero-order valence-electron chi connectivity index (χ0n) is 22.6. The van der Waals surface area contributed by atoms with Crippen molar-refractivity contribution in [1.29, 1.82) is 5.26 Å². The lowest BCUT2D eigenvalue weighted by molar-refractivity contribution is -0.137. The van der Waals surface area contributed by atoms with Crippen LogP contribution in [-0.4, -0.2) is 53.8 Å². The Morgan fingerprint density at radius 2 is 1.90 bits per heavy atom. The van der Waals surface area contributed by atoms with Gasteiger partial charge >= 0.3 is 6.18 Å². The van der Waals surface area contributed by atoms with Gasteiger partial charge in [0.25, 0.3) is 5.91 Å². The number of aromatic nitrogens is 1. The predicted molar refractivity (Wildman–Crippen MR) is 146 cm³/mol. The van der Waals surface area contributed by atoms with E-state index in [1.165, 1.54) is 18.3 Å². The van der Waals surface area contributed by atoms with Crippen LogP contribution in [0.3, 0.4) is 0 Å². The Hall–Kier alpha value is -3.75. The molecule has 1 aromatic carbocycles. The van der Waals surface area contributed by atoms with E-state index < -0.39 is 23.1 Å². The molecule has 1 amide bonds. The number of carbonyl (C=O) groups is 1. The summed E-state index contributed by atoms with van der Waals surface area (Å²) in [5, 5.41) is 12.9. The number of aryl methyl sites for hydroxylation is 1. The molecule has 1 saturated carbocycles. The number of hydrogen-bond donors (Lipinski definition) is 2. The zero-order valence-corrected chi connectivity index (χ0v) is 22.6. The molecule has 0 atom stereocenters. The van der Waals surface area contributed by atoms with E-state index in [0.29, 0.717) is 24.6 Å². The first-order valence-electron chi connectivity index (χ1n) is 13.2. The van der Waals surface area contributed by atoms with Crippen molar-refractivity contribution < 1.29 is 22.7 Å². The number of carbonyl (C=O) groups excluding carboxylic acids is 1. The molecular weight excluding hydrogens is 521 g/mol. The summed E-state index contributed by atoms with van der Waals surface area (Å²) < 4.78 is 43.9. The van der Waals surface area contributed by atoms with Crippen molar-refractivity contribution in [3.05, 3.63) is 65.1 Å². The van der Waals surface area contributed by atoms with Gasteiger partial charge in [0.15, 0.2) is 0 Å². The summed E-state index contributed by atoms with van der Waals surface area (Å²) in [4.78, 5) is 24.3. The average Bonchev–Trinajstić information content (AvgIpc) is 2.94. The van der Waals surface area contributed by atoms with Crippen LogP contribution in [0.5, 0.6) is 0 Å². The first-order valence-corrected chi connectivity index (χ1v) is 13.2. The highest BCUT2D eigenvalue weighted by Gasteiger charge is 2.41. The van der Waals surface area contributed by atoms with Crippen molar-refractivity contribution in [3.63, 3.8) is 0 Å². The van der Waals surface area contributed by atoms with Gasteiger partial charge in [0.1, 0.15) is 0 Å². The van der Waals surface area contributed by atoms with Crippen molar-refractivity contribution in [2.75, 3.05) is 31.6 Å². The number of rotatable bonds is 6. The molecule has 0 radical (unpaired) electrons. The van der Waals surface area contributed by atoms with Crippen LogP contribution in [0.4, 0.5) is 24.5 Å². The lowest BCUT2D eigenvalue weighted by atomic mass is 9.70. The first-order chi connectivity index (χ1) is 19.1. The standard InChI is InChI=1S/C29H33F3N6O2/c1-19-15-23(17-35-26(19)28(18-34)9-7-24(8-10-28)38-11-13-40-14-12-38)37-27(39)25(16-33)20(2)36-22-5-3-21(4-6-22)29(30,31)32/h3-6,15-17,24H,7-14,33H2,1-2H3,(H,37,39). The molecule has 8 nitrogen and oxygen atoms in total. The second-order valence-corrected chi connectivity index (χ2v) is 10.2. The lowest BCUT2D eigenvalue weighted by Crippen LogP contribution is -2.47. The number of anilines is 1. The van der Waals surface area contributed by atoms with Gasteiger partial charge in [0.2, 0.25) is 0 Å². The zero-order chi connectivity index (χ0) is 28.9. The maximum Gasteiger partial charge on any atom is 0.416 e. The largest absolute Gasteiger partial charge is 0.416 e. The molecule has 0 unspecified atom stereocenters. The number of benzene rings is 1. The summed E-state index contributed by atoms with van der Waals surface area (Å²) in [6, 6.07) is 9.07. The quantitative estimate of drug-likeness (QED) is 0.383. The fourth-order valence-corrected chi connectivity index (χ4v) is 5.49. The molecule has 2 fully saturated rings. The topological polar surface area (TPSA) is 117 Å². The normalized spacial score (nSPS) is 22.9. The molecule has 2 heterocycles. The fourth-order valence-electron chi connectivity index (χ4n) is 5.49. The van der Waals surface area contributed by atoms with Crippen LogP contribution < -0.4 is 11.1 Å². The number of nitrogens with two attached hydrogens (primary N) is 1. The molecule has 4 rings (SSSR count). The van der Waals surface area contributed by atoms with Gasteiger partial charge < -0.3 is 15.8 Å². The minimum atomic E-state index is -4.45. The van der Waals surface area contributed by atoms with Crippen molar-refractivity contribution in [2.24, 2.45) is 10.7 Å². The van der Waals surface area contributed by atoms with E-state index in [4.69, 9.17) is 10.5 Å². The molecule has 1 aliphatic carbocycles. The van der Waals surface area contributed by atoms with Gasteiger partial charge in [-0.25, -0.2) is 0 Å². The molecule has 1 saturated heterocycles. The van der Waals surface area contributed by atoms with Gasteiger partial charge in [0.05, 0.1) is 64.8 Å². The highest BCUT2D eigenvalue weighted by Crippen LogP contribution is 2.41. The number of amides is 1. The van der Waals surface area contributed by atoms with Gasteiger partial charge in [0, 0.05) is 25.3 Å². The number of pyridine rings is 1. The number of aliphatic imine (C=N–C) groups is 1. The van der Waals surface area contributed by atoms with E-state index in [0.717, 1.165) is 68.7 Å². The van der Waals surface area contributed by atoms with Crippen molar-refractivity contribution in [2.45, 2.75) is 57.2 Å². The Balaban J connectivity index is 1.44. The maximum absolute atomic E-state index is 13.0. The second-order valence-electron chi connectivity index (χ2n) is 10.2. The van der Waals surface area contributed by atoms with Crippen LogP contribution in [-0.2, 0) is 21.1 Å². The van der Waals surface area contributed by atoms with E-state index in [-0.39, 0.29) is 17.0 Å². The van der Waals surface area contributed by atoms with Gasteiger partial charge in [-0.3, -0.25) is 19.7 Å². The average molecular weight is 555 g/mol. The van der Waals surface area contributed by atoms with Gasteiger partial charge in [-0.2, -0.15) is 18.4 Å². The van der Waals surface area contributed by atoms with Gasteiger partial charge in [-0.1, -0.05) is 0 Å². The number of morpholine rings is 1. The molecule has 11 heteroatoms. The van der Waals surface area contributed by atoms with Gasteiger partial charge in [-0.05, 0) is 75.4 Å². The molecule has 212 valence electrons. The predicted octanol–water partition coefficient (Wildman–Crippen LogP) is 5.02. The molecule has 3 N–H and O–H groups in total. The summed E-state index contributed by atoms with van der Waals surface area (Å²) in [5.74, 6) is -0.536. The smallest absolute Gasteiger partial charge is 0.404 e. The van der Waals surface area contributed by atoms with E-state index in [1.807, 2.05) is 6.92 Å². The molecular formula is C29H33F3N6O2. The van der Waals surface area contributed by atoms with E-state index >= 15 is 0 Å². The summed E-state index contributed by atoms with van der Waals surface area (Å²) in [6.45, 7) is 6.76. The van der Waals surface area contributed by atoms with E-state index in [9.17, 15) is 23.2 Å². The minimum Gasteiger partial charge on any atom is -0.404 e. The van der Waals surface area contributed by atoms with Crippen LogP contribution >= 0.6 is 0 Å². The van der Waals surface area contributed by atoms with E-state index in [1.54, 1.807) is 13.0 Å². The highest BCUT2D eigenvalue weighted by molar-refractivity contribution is 6.25. The Bertz CT molecular complexity index is 1320. The summed E-state index contributed by atoms with van der Waals surface area (Å²) in [6.07, 6.45) is 1.44. The maximum atomic E-state index is 13.0. The Kier molecular flexibility index (Phi) is 8.91. The third-order valence-corrected chi connectivity index (χ3v) is 7.67. The summed E-state index contributed by atoms with van der Waals surface area (Å²) >= 11 is 0. The second kappa shape index (κ2) is 12.2. The molecule has 0 bridgehead atoms. The van der Waals surface area contributed by atoms with Crippen LogP contribution in [0.25, 0.3) is 0 Å². The number of ether oxygens (including phenoxy) is 1. The molecule has 2 aliphatic rings. The van der Waals surface area contributed by atoms with Gasteiger partial charge in [-0.15, -0.1) is 0 Å². The number of nitrogens with one attached hydrogen (secondary N) is 1. The lowest BCUT2D eigenvalue weighted by Gasteiger charge is -2.41. The minimum absolute atomic E-state index is 0.0663. The third kappa shape index (κ3) is 6.51. The van der Waals surface area contributed by atoms with Crippen LogP contribution in [0, 0.1) is 18.3 Å². The van der Waals surface area contributed by atoms with Crippen LogP contribution in [0.1, 0.15) is 49.4 Å². The monoisotopic (exact) mass is 554 g/mol. The van der Waals surface area contributed by atoms with Crippen molar-refractivity contribution in [1.82, 2.24) is 9.88 Å². The van der Waals surface area contributed by atoms with Crippen LogP contribution in [0.15, 0.2) is 53.3 Å². The van der Waals surface area contributed by atoms with Crippen molar-refractivity contribution >= 4 is 23.0 Å². The first kappa shape index (κ1) is 29.2. The Morgan fingerprint density at radius 1 is 1.25 bits per heavy atom. The number of halogens is 3.